The molecule has 0 bridgehead atoms. The van der Waals surface area contributed by atoms with Crippen LogP contribution in [-0.2, 0) is 4.79 Å². The van der Waals surface area contributed by atoms with E-state index in [1.165, 1.54) is 18.4 Å². The lowest BCUT2D eigenvalue weighted by molar-refractivity contribution is -0.122. The highest BCUT2D eigenvalue weighted by molar-refractivity contribution is 5.76. The van der Waals surface area contributed by atoms with Crippen LogP contribution in [0.2, 0.25) is 0 Å². The van der Waals surface area contributed by atoms with Crippen molar-refractivity contribution >= 4 is 5.91 Å². The lowest BCUT2D eigenvalue weighted by Gasteiger charge is -2.24. The topological polar surface area (TPSA) is 55.1 Å². The lowest BCUT2D eigenvalue weighted by Crippen LogP contribution is -2.31. The third-order valence-corrected chi connectivity index (χ3v) is 4.42. The first-order valence-electron chi connectivity index (χ1n) is 8.06. The number of nitrogens with two attached hydrogens (primary N) is 1. The molecule has 3 nitrogen and oxygen atoms in total. The molecule has 116 valence electrons. The van der Waals surface area contributed by atoms with Gasteiger partial charge in [0, 0.05) is 6.42 Å². The molecule has 0 radical (unpaired) electrons. The van der Waals surface area contributed by atoms with Crippen LogP contribution >= 0.6 is 0 Å². The number of carbonyl (C=O) groups excluding carboxylic acids is 1. The number of nitrogens with one attached hydrogen (secondary N) is 1. The number of hydrogen-bond acceptors (Lipinski definition) is 2. The van der Waals surface area contributed by atoms with E-state index < -0.39 is 0 Å². The molecular weight excluding hydrogens is 260 g/mol. The lowest BCUT2D eigenvalue weighted by atomic mass is 9.84. The van der Waals surface area contributed by atoms with Crippen LogP contribution in [0.25, 0.3) is 0 Å². The second-order valence-corrected chi connectivity index (χ2v) is 7.00. The minimum absolute atomic E-state index is 0.147. The molecule has 3 N–H and O–H groups in total. The zero-order valence-electron chi connectivity index (χ0n) is 13.3. The number of benzene rings is 1. The van der Waals surface area contributed by atoms with Crippen molar-refractivity contribution in [3.05, 3.63) is 35.9 Å². The zero-order valence-corrected chi connectivity index (χ0v) is 13.3. The molecule has 1 aromatic rings. The average molecular weight is 288 g/mol. The Morgan fingerprint density at radius 3 is 2.52 bits per heavy atom. The Kier molecular flexibility index (Phi) is 5.40. The van der Waals surface area contributed by atoms with Crippen molar-refractivity contribution in [3.63, 3.8) is 0 Å². The van der Waals surface area contributed by atoms with E-state index in [-0.39, 0.29) is 17.4 Å². The monoisotopic (exact) mass is 288 g/mol. The van der Waals surface area contributed by atoms with Crippen LogP contribution in [0.3, 0.4) is 0 Å². The smallest absolute Gasteiger partial charge is 0.220 e. The molecule has 1 unspecified atom stereocenters. The number of hydrogen-bond donors (Lipinski definition) is 2. The van der Waals surface area contributed by atoms with Crippen LogP contribution in [0.15, 0.2) is 30.3 Å². The summed E-state index contributed by atoms with van der Waals surface area (Å²) in [6.07, 6.45) is 4.88. The van der Waals surface area contributed by atoms with E-state index in [2.05, 4.69) is 31.3 Å². The molecule has 1 aliphatic rings. The normalized spacial score (nSPS) is 16.5. The minimum Gasteiger partial charge on any atom is -0.349 e. The van der Waals surface area contributed by atoms with E-state index in [1.54, 1.807) is 0 Å². The second kappa shape index (κ2) is 7.08. The van der Waals surface area contributed by atoms with Gasteiger partial charge in [0.2, 0.25) is 5.91 Å². The first kappa shape index (κ1) is 16.0. The van der Waals surface area contributed by atoms with Crippen molar-refractivity contribution in [3.8, 4) is 0 Å². The molecule has 0 aromatic heterocycles. The van der Waals surface area contributed by atoms with Gasteiger partial charge in [-0.1, -0.05) is 44.2 Å². The summed E-state index contributed by atoms with van der Waals surface area (Å²) in [5.74, 6) is 0.786. The Morgan fingerprint density at radius 1 is 1.29 bits per heavy atom. The van der Waals surface area contributed by atoms with Gasteiger partial charge in [0.1, 0.15) is 0 Å². The summed E-state index contributed by atoms with van der Waals surface area (Å²) < 4.78 is 0. The average Bonchev–Trinajstić information content (AvgIpc) is 3.28. The molecule has 1 amide bonds. The fraction of sp³-hybridized carbons (Fsp3) is 0.611. The van der Waals surface area contributed by atoms with Gasteiger partial charge in [0.05, 0.1) is 6.04 Å². The van der Waals surface area contributed by atoms with Crippen molar-refractivity contribution in [1.29, 1.82) is 0 Å². The Hall–Kier alpha value is -1.35. The summed E-state index contributed by atoms with van der Waals surface area (Å²) in [4.78, 5) is 12.3. The third-order valence-electron chi connectivity index (χ3n) is 4.42. The molecule has 2 rings (SSSR count). The number of carbonyl (C=O) groups is 1. The van der Waals surface area contributed by atoms with Gasteiger partial charge in [-0.2, -0.15) is 0 Å². The van der Waals surface area contributed by atoms with Crippen molar-refractivity contribution < 1.29 is 4.79 Å². The van der Waals surface area contributed by atoms with Crippen molar-refractivity contribution in [1.82, 2.24) is 5.32 Å². The quantitative estimate of drug-likeness (QED) is 0.770. The van der Waals surface area contributed by atoms with Gasteiger partial charge in [-0.3, -0.25) is 4.79 Å². The first-order valence-corrected chi connectivity index (χ1v) is 8.06. The van der Waals surface area contributed by atoms with Crippen LogP contribution in [0.4, 0.5) is 0 Å². The summed E-state index contributed by atoms with van der Waals surface area (Å²) in [5.41, 5.74) is 7.00. The van der Waals surface area contributed by atoms with E-state index >= 15 is 0 Å². The Balaban J connectivity index is 1.88. The number of amides is 1. The van der Waals surface area contributed by atoms with Gasteiger partial charge in [-0.15, -0.1) is 0 Å². The second-order valence-electron chi connectivity index (χ2n) is 7.00. The van der Waals surface area contributed by atoms with Gasteiger partial charge in [-0.25, -0.2) is 0 Å². The van der Waals surface area contributed by atoms with Crippen molar-refractivity contribution in [2.75, 3.05) is 6.54 Å². The maximum Gasteiger partial charge on any atom is 0.220 e. The highest BCUT2D eigenvalue weighted by Gasteiger charge is 2.33. The molecular formula is C18H28N2O. The molecule has 1 atom stereocenters. The minimum atomic E-state index is 0.147. The molecule has 1 aromatic carbocycles. The maximum absolute atomic E-state index is 12.3. The van der Waals surface area contributed by atoms with Gasteiger partial charge in [-0.05, 0) is 49.1 Å². The fourth-order valence-corrected chi connectivity index (χ4v) is 2.78. The van der Waals surface area contributed by atoms with Crippen molar-refractivity contribution in [2.24, 2.45) is 17.1 Å². The van der Waals surface area contributed by atoms with E-state index in [1.807, 2.05) is 18.2 Å². The Morgan fingerprint density at radius 2 is 1.95 bits per heavy atom. The van der Waals surface area contributed by atoms with Crippen LogP contribution < -0.4 is 11.1 Å². The molecule has 0 saturated heterocycles. The molecule has 3 heteroatoms. The van der Waals surface area contributed by atoms with Gasteiger partial charge >= 0.3 is 0 Å². The maximum atomic E-state index is 12.3. The highest BCUT2D eigenvalue weighted by atomic mass is 16.1. The fourth-order valence-electron chi connectivity index (χ4n) is 2.78. The Labute approximate surface area is 128 Å². The number of rotatable bonds is 8. The van der Waals surface area contributed by atoms with E-state index in [9.17, 15) is 4.79 Å². The summed E-state index contributed by atoms with van der Waals surface area (Å²) in [6.45, 7) is 5.05. The molecule has 0 spiro atoms. The summed E-state index contributed by atoms with van der Waals surface area (Å²) in [7, 11) is 0. The largest absolute Gasteiger partial charge is 0.349 e. The van der Waals surface area contributed by atoms with E-state index in [0.29, 0.717) is 18.9 Å². The van der Waals surface area contributed by atoms with Gasteiger partial charge in [0.25, 0.3) is 0 Å². The Bertz CT molecular complexity index is 452. The SMILES string of the molecule is CC(C)(CCN)CCC(=O)NC(c1ccccc1)C1CC1. The third kappa shape index (κ3) is 5.16. The zero-order chi connectivity index (χ0) is 15.3. The molecule has 1 aliphatic carbocycles. The molecule has 1 saturated carbocycles. The molecule has 0 heterocycles. The summed E-state index contributed by atoms with van der Waals surface area (Å²) >= 11 is 0. The molecule has 0 aliphatic heterocycles. The van der Waals surface area contributed by atoms with E-state index in [0.717, 1.165) is 12.8 Å². The van der Waals surface area contributed by atoms with Gasteiger partial charge in [0.15, 0.2) is 0 Å². The van der Waals surface area contributed by atoms with Crippen LogP contribution in [0.5, 0.6) is 0 Å². The van der Waals surface area contributed by atoms with Crippen molar-refractivity contribution in [2.45, 2.75) is 52.0 Å². The highest BCUT2D eigenvalue weighted by Crippen LogP contribution is 2.41. The predicted octanol–water partition coefficient (Wildman–Crippen LogP) is 3.41. The van der Waals surface area contributed by atoms with Gasteiger partial charge < -0.3 is 11.1 Å². The molecule has 1 fully saturated rings. The van der Waals surface area contributed by atoms with Crippen LogP contribution in [0, 0.1) is 11.3 Å². The summed E-state index contributed by atoms with van der Waals surface area (Å²) in [5, 5.41) is 3.24. The summed E-state index contributed by atoms with van der Waals surface area (Å²) in [6, 6.07) is 10.5. The first-order chi connectivity index (χ1) is 10.0. The van der Waals surface area contributed by atoms with E-state index in [4.69, 9.17) is 5.73 Å². The predicted molar refractivity (Wildman–Crippen MR) is 86.7 cm³/mol. The standard InChI is InChI=1S/C18H28N2O/c1-18(2,12-13-19)11-10-16(21)20-17(15-8-9-15)14-6-4-3-5-7-14/h3-7,15,17H,8-13,19H2,1-2H3,(H,20,21). The molecule has 21 heavy (non-hydrogen) atoms. The van der Waals surface area contributed by atoms with Crippen LogP contribution in [0.1, 0.15) is 57.6 Å². The van der Waals surface area contributed by atoms with Crippen LogP contribution in [-0.4, -0.2) is 12.5 Å².